The Kier molecular flexibility index (Phi) is 3.76. The van der Waals surface area contributed by atoms with Crippen molar-refractivity contribution in [2.75, 3.05) is 6.61 Å². The molecule has 0 unspecified atom stereocenters. The number of nitrogens with zero attached hydrogens (tertiary/aromatic N) is 1. The van der Waals surface area contributed by atoms with Gasteiger partial charge in [0.1, 0.15) is 11.4 Å². The normalized spacial score (nSPS) is 12.9. The van der Waals surface area contributed by atoms with Crippen molar-refractivity contribution in [1.29, 1.82) is 0 Å². The van der Waals surface area contributed by atoms with Crippen LogP contribution in [0.3, 0.4) is 0 Å². The minimum Gasteiger partial charge on any atom is -0.493 e. The van der Waals surface area contributed by atoms with Crippen LogP contribution in [0.5, 0.6) is 5.75 Å². The average Bonchev–Trinajstić information content (AvgIpc) is 2.87. The standard InChI is InChI=1S/C15H11BrClNO2/c16-11-5-9-3-4-20-15(9)10(6-11)7-14(19)13-2-1-12(17)8-18-13/h1-2,5-6,8H,3-4,7H2. The number of ketones is 1. The van der Waals surface area contributed by atoms with Gasteiger partial charge in [-0.25, -0.2) is 0 Å². The molecule has 0 saturated carbocycles. The summed E-state index contributed by atoms with van der Waals surface area (Å²) in [7, 11) is 0. The molecule has 2 aromatic rings. The van der Waals surface area contributed by atoms with E-state index in [1.165, 1.54) is 6.20 Å². The summed E-state index contributed by atoms with van der Waals surface area (Å²) in [6.45, 7) is 0.673. The number of hydrogen-bond donors (Lipinski definition) is 0. The summed E-state index contributed by atoms with van der Waals surface area (Å²) >= 11 is 9.25. The topological polar surface area (TPSA) is 39.2 Å². The average molecular weight is 353 g/mol. The number of aromatic nitrogens is 1. The molecule has 0 amide bonds. The largest absolute Gasteiger partial charge is 0.493 e. The van der Waals surface area contributed by atoms with Gasteiger partial charge < -0.3 is 4.74 Å². The number of hydrogen-bond acceptors (Lipinski definition) is 3. The fourth-order valence-corrected chi connectivity index (χ4v) is 2.95. The second kappa shape index (κ2) is 5.54. The zero-order chi connectivity index (χ0) is 14.1. The molecule has 0 N–H and O–H groups in total. The molecule has 1 aromatic heterocycles. The third kappa shape index (κ3) is 2.72. The number of benzene rings is 1. The van der Waals surface area contributed by atoms with Gasteiger partial charge in [0.25, 0.3) is 0 Å². The van der Waals surface area contributed by atoms with E-state index >= 15 is 0 Å². The van der Waals surface area contributed by atoms with Gasteiger partial charge in [0.2, 0.25) is 0 Å². The fraction of sp³-hybridized carbons (Fsp3) is 0.200. The fourth-order valence-electron chi connectivity index (χ4n) is 2.28. The van der Waals surface area contributed by atoms with Gasteiger partial charge >= 0.3 is 0 Å². The van der Waals surface area contributed by atoms with Gasteiger partial charge in [0, 0.05) is 29.1 Å². The van der Waals surface area contributed by atoms with Crippen LogP contribution in [-0.4, -0.2) is 17.4 Å². The zero-order valence-electron chi connectivity index (χ0n) is 10.5. The Balaban J connectivity index is 1.88. The summed E-state index contributed by atoms with van der Waals surface area (Å²) in [5.74, 6) is 0.799. The van der Waals surface area contributed by atoms with E-state index in [0.29, 0.717) is 17.3 Å². The molecule has 5 heteroatoms. The first-order valence-electron chi connectivity index (χ1n) is 6.22. The van der Waals surface area contributed by atoms with Crippen LogP contribution in [0.15, 0.2) is 34.9 Å². The molecule has 1 aliphatic heterocycles. The second-order valence-corrected chi connectivity index (χ2v) is 5.97. The lowest BCUT2D eigenvalue weighted by Gasteiger charge is -2.08. The van der Waals surface area contributed by atoms with E-state index in [2.05, 4.69) is 20.9 Å². The van der Waals surface area contributed by atoms with Gasteiger partial charge in [-0.15, -0.1) is 0 Å². The summed E-state index contributed by atoms with van der Waals surface area (Å²) < 4.78 is 6.59. The molecule has 0 aliphatic carbocycles. The lowest BCUT2D eigenvalue weighted by atomic mass is 10.0. The first-order chi connectivity index (χ1) is 9.63. The lowest BCUT2D eigenvalue weighted by molar-refractivity contribution is 0.0987. The maximum atomic E-state index is 12.3. The van der Waals surface area contributed by atoms with Crippen molar-refractivity contribution in [1.82, 2.24) is 4.98 Å². The molecule has 0 fully saturated rings. The lowest BCUT2D eigenvalue weighted by Crippen LogP contribution is -2.07. The van der Waals surface area contributed by atoms with Crippen molar-refractivity contribution >= 4 is 33.3 Å². The first-order valence-corrected chi connectivity index (χ1v) is 7.39. The number of fused-ring (bicyclic) bond motifs is 1. The molecule has 0 saturated heterocycles. The van der Waals surface area contributed by atoms with E-state index in [-0.39, 0.29) is 12.2 Å². The van der Waals surface area contributed by atoms with E-state index in [1.807, 2.05) is 12.1 Å². The molecule has 2 heterocycles. The summed E-state index contributed by atoms with van der Waals surface area (Å²) in [6.07, 6.45) is 2.64. The number of halogens is 2. The molecule has 1 aromatic carbocycles. The van der Waals surface area contributed by atoms with Crippen LogP contribution < -0.4 is 4.74 Å². The zero-order valence-corrected chi connectivity index (χ0v) is 12.9. The van der Waals surface area contributed by atoms with E-state index in [0.717, 1.165) is 27.8 Å². The van der Waals surface area contributed by atoms with E-state index in [4.69, 9.17) is 16.3 Å². The predicted octanol–water partition coefficient (Wildman–Crippen LogP) is 3.86. The van der Waals surface area contributed by atoms with Crippen molar-refractivity contribution in [3.05, 3.63) is 56.8 Å². The van der Waals surface area contributed by atoms with Crippen molar-refractivity contribution in [3.8, 4) is 5.75 Å². The Bertz CT molecular complexity index is 670. The summed E-state index contributed by atoms with van der Waals surface area (Å²) in [6, 6.07) is 7.28. The Labute approximate surface area is 130 Å². The molecule has 0 spiro atoms. The minimum absolute atomic E-state index is 0.0440. The summed E-state index contributed by atoms with van der Waals surface area (Å²) in [5, 5.41) is 0.522. The Hall–Kier alpha value is -1.39. The molecule has 20 heavy (non-hydrogen) atoms. The predicted molar refractivity (Wildman–Crippen MR) is 80.6 cm³/mol. The summed E-state index contributed by atoms with van der Waals surface area (Å²) in [5.41, 5.74) is 2.46. The SMILES string of the molecule is O=C(Cc1cc(Br)cc2c1OCC2)c1ccc(Cl)cn1. The Morgan fingerprint density at radius 2 is 2.25 bits per heavy atom. The maximum Gasteiger partial charge on any atom is 0.185 e. The number of ether oxygens (including phenoxy) is 1. The highest BCUT2D eigenvalue weighted by Crippen LogP contribution is 2.33. The monoisotopic (exact) mass is 351 g/mol. The Morgan fingerprint density at radius 1 is 1.40 bits per heavy atom. The van der Waals surface area contributed by atoms with Crippen molar-refractivity contribution in [3.63, 3.8) is 0 Å². The number of carbonyl (C=O) groups is 1. The van der Waals surface area contributed by atoms with Crippen LogP contribution in [0.1, 0.15) is 21.6 Å². The molecule has 0 radical (unpaired) electrons. The highest BCUT2D eigenvalue weighted by Gasteiger charge is 2.20. The number of rotatable bonds is 3. The Morgan fingerprint density at radius 3 is 3.00 bits per heavy atom. The van der Waals surface area contributed by atoms with Crippen LogP contribution in [0.4, 0.5) is 0 Å². The van der Waals surface area contributed by atoms with E-state index in [9.17, 15) is 4.79 Å². The molecular formula is C15H11BrClNO2. The van der Waals surface area contributed by atoms with E-state index in [1.54, 1.807) is 12.1 Å². The molecule has 3 nitrogen and oxygen atoms in total. The number of carbonyl (C=O) groups excluding carboxylic acids is 1. The second-order valence-electron chi connectivity index (χ2n) is 4.61. The maximum absolute atomic E-state index is 12.3. The van der Waals surface area contributed by atoms with Crippen LogP contribution in [0, 0.1) is 0 Å². The molecular weight excluding hydrogens is 342 g/mol. The molecule has 102 valence electrons. The van der Waals surface area contributed by atoms with Crippen molar-refractivity contribution in [2.45, 2.75) is 12.8 Å². The number of pyridine rings is 1. The van der Waals surface area contributed by atoms with Gasteiger partial charge in [-0.1, -0.05) is 27.5 Å². The van der Waals surface area contributed by atoms with Crippen molar-refractivity contribution in [2.24, 2.45) is 0 Å². The van der Waals surface area contributed by atoms with Gasteiger partial charge in [-0.3, -0.25) is 9.78 Å². The highest BCUT2D eigenvalue weighted by atomic mass is 79.9. The third-order valence-electron chi connectivity index (χ3n) is 3.19. The number of Topliss-reactive ketones (excluding diaryl/α,β-unsaturated/α-hetero) is 1. The summed E-state index contributed by atoms with van der Waals surface area (Å²) in [4.78, 5) is 16.3. The van der Waals surface area contributed by atoms with Crippen LogP contribution in [-0.2, 0) is 12.8 Å². The molecule has 3 rings (SSSR count). The smallest absolute Gasteiger partial charge is 0.185 e. The molecule has 0 bridgehead atoms. The van der Waals surface area contributed by atoms with E-state index < -0.39 is 0 Å². The first kappa shape index (κ1) is 13.6. The molecule has 0 atom stereocenters. The molecule has 1 aliphatic rings. The van der Waals surface area contributed by atoms with Crippen LogP contribution in [0.25, 0.3) is 0 Å². The van der Waals surface area contributed by atoms with Gasteiger partial charge in [0.05, 0.1) is 11.6 Å². The van der Waals surface area contributed by atoms with Crippen LogP contribution >= 0.6 is 27.5 Å². The van der Waals surface area contributed by atoms with Gasteiger partial charge in [-0.05, 0) is 29.8 Å². The third-order valence-corrected chi connectivity index (χ3v) is 3.87. The van der Waals surface area contributed by atoms with Crippen LogP contribution in [0.2, 0.25) is 5.02 Å². The van der Waals surface area contributed by atoms with Gasteiger partial charge in [0.15, 0.2) is 5.78 Å². The quantitative estimate of drug-likeness (QED) is 0.788. The minimum atomic E-state index is -0.0440. The van der Waals surface area contributed by atoms with Gasteiger partial charge in [-0.2, -0.15) is 0 Å². The van der Waals surface area contributed by atoms with Crippen molar-refractivity contribution < 1.29 is 9.53 Å². The highest BCUT2D eigenvalue weighted by molar-refractivity contribution is 9.10.